The number of hydrogen-bond acceptors (Lipinski definition) is 2. The van der Waals surface area contributed by atoms with Crippen molar-refractivity contribution in [2.24, 2.45) is 0 Å². The Kier molecular flexibility index (Phi) is 7.52. The smallest absolute Gasteiger partial charge is 0.178 e. The van der Waals surface area contributed by atoms with Crippen LogP contribution in [0.25, 0.3) is 6.08 Å². The van der Waals surface area contributed by atoms with Crippen LogP contribution in [-0.2, 0) is 8.23 Å². The Labute approximate surface area is 137 Å². The van der Waals surface area contributed by atoms with Gasteiger partial charge >= 0.3 is 0 Å². The van der Waals surface area contributed by atoms with Crippen molar-refractivity contribution in [2.45, 2.75) is 44.8 Å². The summed E-state index contributed by atoms with van der Waals surface area (Å²) in [7, 11) is -3.72. The first-order valence-corrected chi connectivity index (χ1v) is 17.1. The Morgan fingerprint density at radius 3 is 2.19 bits per heavy atom. The standard InChI is InChI=1S/C15H30O2Si4/c1-7-14-8-10-15(11-9-14)19-17-21(5,6)13-12-18-16-20(2,3)4/h7-11H,1,12-13,18-19H2,2-6H3. The molecule has 0 aromatic heterocycles. The van der Waals surface area contributed by atoms with Gasteiger partial charge in [0, 0.05) is 0 Å². The van der Waals surface area contributed by atoms with E-state index in [0.717, 1.165) is 0 Å². The molecule has 0 aliphatic carbocycles. The largest absolute Gasteiger partial charge is 0.461 e. The van der Waals surface area contributed by atoms with E-state index >= 15 is 0 Å². The minimum atomic E-state index is -1.49. The zero-order valence-electron chi connectivity index (χ0n) is 14.2. The molecule has 0 bridgehead atoms. The van der Waals surface area contributed by atoms with Crippen LogP contribution in [0.1, 0.15) is 5.56 Å². The van der Waals surface area contributed by atoms with Gasteiger partial charge in [-0.1, -0.05) is 36.9 Å². The second-order valence-corrected chi connectivity index (χ2v) is 19.8. The third-order valence-corrected chi connectivity index (χ3v) is 15.0. The molecule has 21 heavy (non-hydrogen) atoms. The Morgan fingerprint density at radius 2 is 1.67 bits per heavy atom. The molecule has 0 aliphatic heterocycles. The van der Waals surface area contributed by atoms with Crippen LogP contribution in [0, 0.1) is 0 Å². The van der Waals surface area contributed by atoms with Crippen LogP contribution < -0.4 is 5.19 Å². The summed E-state index contributed by atoms with van der Waals surface area (Å²) in [4.78, 5) is 0. The summed E-state index contributed by atoms with van der Waals surface area (Å²) in [6.45, 7) is 15.3. The van der Waals surface area contributed by atoms with Crippen molar-refractivity contribution in [3.63, 3.8) is 0 Å². The van der Waals surface area contributed by atoms with Gasteiger partial charge < -0.3 is 8.23 Å². The Balaban J connectivity index is 2.32. The topological polar surface area (TPSA) is 18.5 Å². The highest BCUT2D eigenvalue weighted by Gasteiger charge is 2.22. The molecule has 0 N–H and O–H groups in total. The monoisotopic (exact) mass is 354 g/mol. The van der Waals surface area contributed by atoms with Crippen molar-refractivity contribution < 1.29 is 8.23 Å². The van der Waals surface area contributed by atoms with Crippen LogP contribution in [0.5, 0.6) is 0 Å². The highest BCUT2D eigenvalue weighted by Crippen LogP contribution is 2.14. The molecule has 1 rings (SSSR count). The van der Waals surface area contributed by atoms with Crippen LogP contribution in [0.3, 0.4) is 0 Å². The maximum absolute atomic E-state index is 6.35. The molecule has 0 radical (unpaired) electrons. The maximum atomic E-state index is 6.35. The Hall–Kier alpha value is -0.252. The van der Waals surface area contributed by atoms with Gasteiger partial charge in [-0.3, -0.25) is 0 Å². The van der Waals surface area contributed by atoms with E-state index in [-0.39, 0.29) is 9.76 Å². The highest BCUT2D eigenvalue weighted by atomic mass is 28.4. The lowest BCUT2D eigenvalue weighted by molar-refractivity contribution is 0.582. The zero-order valence-corrected chi connectivity index (χ0v) is 19.1. The second kappa shape index (κ2) is 8.40. The number of hydrogen-bond donors (Lipinski definition) is 0. The molecule has 0 saturated heterocycles. The van der Waals surface area contributed by atoms with Crippen molar-refractivity contribution >= 4 is 47.4 Å². The molecule has 118 valence electrons. The summed E-state index contributed by atoms with van der Waals surface area (Å²) in [5.74, 6) is 0. The predicted molar refractivity (Wildman–Crippen MR) is 106 cm³/mol. The summed E-state index contributed by atoms with van der Waals surface area (Å²) in [6, 6.07) is 11.2. The molecule has 0 unspecified atom stereocenters. The fourth-order valence-corrected chi connectivity index (χ4v) is 12.2. The van der Waals surface area contributed by atoms with E-state index in [4.69, 9.17) is 8.23 Å². The fourth-order valence-electron chi connectivity index (χ4n) is 1.98. The lowest BCUT2D eigenvalue weighted by atomic mass is 10.2. The van der Waals surface area contributed by atoms with E-state index < -0.39 is 26.4 Å². The van der Waals surface area contributed by atoms with Gasteiger partial charge in [0.1, 0.15) is 9.76 Å². The van der Waals surface area contributed by atoms with Crippen molar-refractivity contribution in [2.75, 3.05) is 0 Å². The van der Waals surface area contributed by atoms with Gasteiger partial charge in [-0.15, -0.1) is 0 Å². The normalized spacial score (nSPS) is 13.6. The van der Waals surface area contributed by atoms with Crippen molar-refractivity contribution in [3.8, 4) is 0 Å². The summed E-state index contributed by atoms with van der Waals surface area (Å²) in [5.41, 5.74) is 1.18. The van der Waals surface area contributed by atoms with Crippen LogP contribution in [0.15, 0.2) is 30.8 Å². The molecule has 0 fully saturated rings. The van der Waals surface area contributed by atoms with E-state index in [1.54, 1.807) is 0 Å². The molecule has 0 atom stereocenters. The van der Waals surface area contributed by atoms with Gasteiger partial charge in [0.2, 0.25) is 0 Å². The number of rotatable bonds is 9. The quantitative estimate of drug-likeness (QED) is 0.501. The SMILES string of the molecule is C=Cc1ccc([SiH2]O[Si](C)(C)CC[SiH2]O[Si](C)(C)C)cc1. The molecule has 0 saturated carbocycles. The molecule has 2 nitrogen and oxygen atoms in total. The minimum absolute atomic E-state index is 0.340. The van der Waals surface area contributed by atoms with Crippen molar-refractivity contribution in [1.82, 2.24) is 0 Å². The highest BCUT2D eigenvalue weighted by molar-refractivity contribution is 6.78. The summed E-state index contributed by atoms with van der Waals surface area (Å²) in [5, 5.41) is 1.39. The van der Waals surface area contributed by atoms with E-state index in [2.05, 4.69) is 63.6 Å². The van der Waals surface area contributed by atoms with Crippen LogP contribution >= 0.6 is 0 Å². The van der Waals surface area contributed by atoms with Gasteiger partial charge in [-0.2, -0.15) is 0 Å². The maximum Gasteiger partial charge on any atom is 0.178 e. The van der Waals surface area contributed by atoms with Gasteiger partial charge in [-0.25, -0.2) is 0 Å². The second-order valence-electron chi connectivity index (χ2n) is 7.06. The molecular formula is C15H30O2Si4. The van der Waals surface area contributed by atoms with E-state index in [1.807, 2.05) is 6.08 Å². The van der Waals surface area contributed by atoms with E-state index in [1.165, 1.54) is 22.8 Å². The average Bonchev–Trinajstić information content (AvgIpc) is 2.41. The van der Waals surface area contributed by atoms with Gasteiger partial charge in [0.15, 0.2) is 26.4 Å². The molecule has 6 heteroatoms. The summed E-state index contributed by atoms with van der Waals surface area (Å²) in [6.07, 6.45) is 1.88. The Bertz CT molecular complexity index is 438. The van der Waals surface area contributed by atoms with Gasteiger partial charge in [0.25, 0.3) is 0 Å². The first-order valence-electron chi connectivity index (χ1n) is 7.71. The predicted octanol–water partition coefficient (Wildman–Crippen LogP) is 2.61. The third kappa shape index (κ3) is 8.69. The van der Waals surface area contributed by atoms with Crippen molar-refractivity contribution in [3.05, 3.63) is 36.4 Å². The third-order valence-electron chi connectivity index (χ3n) is 3.30. The van der Waals surface area contributed by atoms with E-state index in [0.29, 0.717) is 0 Å². The average molecular weight is 355 g/mol. The van der Waals surface area contributed by atoms with Gasteiger partial charge in [-0.05, 0) is 55.6 Å². The zero-order chi connectivity index (χ0) is 15.9. The number of benzene rings is 1. The molecule has 1 aromatic rings. The van der Waals surface area contributed by atoms with E-state index in [9.17, 15) is 0 Å². The molecular weight excluding hydrogens is 325 g/mol. The molecule has 0 amide bonds. The molecule has 0 heterocycles. The summed E-state index contributed by atoms with van der Waals surface area (Å²) < 4.78 is 12.4. The molecule has 0 aliphatic rings. The van der Waals surface area contributed by atoms with Crippen LogP contribution in [0.2, 0.25) is 44.8 Å². The first-order chi connectivity index (χ1) is 9.72. The lowest BCUT2D eigenvalue weighted by Gasteiger charge is -2.24. The van der Waals surface area contributed by atoms with Crippen molar-refractivity contribution in [1.29, 1.82) is 0 Å². The summed E-state index contributed by atoms with van der Waals surface area (Å²) >= 11 is 0. The van der Waals surface area contributed by atoms with Crippen LogP contribution in [0.4, 0.5) is 0 Å². The first kappa shape index (κ1) is 18.8. The van der Waals surface area contributed by atoms with Crippen LogP contribution in [-0.4, -0.2) is 36.2 Å². The Morgan fingerprint density at radius 1 is 1.05 bits per heavy atom. The lowest BCUT2D eigenvalue weighted by Crippen LogP contribution is -2.36. The van der Waals surface area contributed by atoms with Gasteiger partial charge in [0.05, 0.1) is 0 Å². The minimum Gasteiger partial charge on any atom is -0.461 e. The molecule has 0 spiro atoms. The molecule has 1 aromatic carbocycles. The fraction of sp³-hybridized carbons (Fsp3) is 0.467.